The molecule has 3 unspecified atom stereocenters. The lowest BCUT2D eigenvalue weighted by molar-refractivity contribution is -0.144. The molecule has 0 saturated carbocycles. The van der Waals surface area contributed by atoms with Gasteiger partial charge in [-0.2, -0.15) is 0 Å². The summed E-state index contributed by atoms with van der Waals surface area (Å²) < 4.78 is 11.2. The smallest absolute Gasteiger partial charge is 0.404 e. The summed E-state index contributed by atoms with van der Waals surface area (Å²) in [6.45, 7) is 4.99. The zero-order chi connectivity index (χ0) is 20.1. The number of ether oxygens (including phenoxy) is 2. The maximum absolute atomic E-state index is 13.6. The molecule has 150 valence electrons. The number of allylic oxidation sites excluding steroid dienone is 2. The van der Waals surface area contributed by atoms with E-state index in [0.717, 1.165) is 6.54 Å². The molecular formula is C19H24N4O5. The molecule has 1 aliphatic carbocycles. The fourth-order valence-electron chi connectivity index (χ4n) is 5.60. The molecule has 9 nitrogen and oxygen atoms in total. The molecule has 2 N–H and O–H groups in total. The fourth-order valence-corrected chi connectivity index (χ4v) is 5.60. The lowest BCUT2D eigenvalue weighted by Gasteiger charge is -2.40. The number of piperazine rings is 1. The standard InChI is InChI=1S/C19H24N4O5/c1-8-5-22(8)13-9(2)15(24)14-12(16(13)25)10(7-28-18(20)26)19(27-4)17-11(21(17)3)6-23(14)19/h8,10-11,17H,5-7H2,1-4H3,(H2,20,26)/t8?,10-,11+,17+,19?,21?,22?/m0/s1. The maximum Gasteiger partial charge on any atom is 0.404 e. The van der Waals surface area contributed by atoms with E-state index in [1.165, 1.54) is 0 Å². The number of fused-ring (bicyclic) bond motifs is 4. The summed E-state index contributed by atoms with van der Waals surface area (Å²) in [5.41, 5.74) is 6.04. The Morgan fingerprint density at radius 3 is 2.50 bits per heavy atom. The second-order valence-corrected chi connectivity index (χ2v) is 8.32. The van der Waals surface area contributed by atoms with Crippen molar-refractivity contribution >= 4 is 17.7 Å². The number of Topliss-reactive ketones (excluding diaryl/α,β-unsaturated/α-hetero) is 2. The Balaban J connectivity index is 1.63. The van der Waals surface area contributed by atoms with E-state index in [0.29, 0.717) is 29.1 Å². The Morgan fingerprint density at radius 1 is 1.25 bits per heavy atom. The van der Waals surface area contributed by atoms with Gasteiger partial charge in [-0.1, -0.05) is 0 Å². The Bertz CT molecular complexity index is 895. The number of hydrogen-bond donors (Lipinski definition) is 1. The average molecular weight is 388 g/mol. The van der Waals surface area contributed by atoms with E-state index in [1.807, 2.05) is 23.8 Å². The molecule has 6 atom stereocenters. The first kappa shape index (κ1) is 17.7. The summed E-state index contributed by atoms with van der Waals surface area (Å²) in [5.74, 6) is -0.884. The van der Waals surface area contributed by atoms with E-state index in [4.69, 9.17) is 15.2 Å². The van der Waals surface area contributed by atoms with Crippen molar-refractivity contribution in [3.8, 4) is 0 Å². The summed E-state index contributed by atoms with van der Waals surface area (Å²) in [5, 5.41) is 0. The topological polar surface area (TPSA) is 105 Å². The van der Waals surface area contributed by atoms with Crippen LogP contribution in [-0.2, 0) is 19.1 Å². The van der Waals surface area contributed by atoms with E-state index in [9.17, 15) is 14.4 Å². The molecule has 0 aromatic heterocycles. The van der Waals surface area contributed by atoms with Crippen molar-refractivity contribution < 1.29 is 23.9 Å². The highest BCUT2D eigenvalue weighted by molar-refractivity contribution is 6.25. The molecule has 0 aromatic rings. The van der Waals surface area contributed by atoms with Crippen molar-refractivity contribution in [3.63, 3.8) is 0 Å². The van der Waals surface area contributed by atoms with Crippen LogP contribution < -0.4 is 5.73 Å². The number of primary amides is 1. The zero-order valence-electron chi connectivity index (χ0n) is 16.4. The molecule has 3 saturated heterocycles. The molecule has 4 aliphatic heterocycles. The number of rotatable bonds is 4. The van der Waals surface area contributed by atoms with Crippen molar-refractivity contribution in [3.05, 3.63) is 22.5 Å². The van der Waals surface area contributed by atoms with Gasteiger partial charge < -0.3 is 25.0 Å². The van der Waals surface area contributed by atoms with Gasteiger partial charge in [-0.25, -0.2) is 4.79 Å². The summed E-state index contributed by atoms with van der Waals surface area (Å²) >= 11 is 0. The molecule has 0 radical (unpaired) electrons. The van der Waals surface area contributed by atoms with Crippen LogP contribution in [0.3, 0.4) is 0 Å². The first-order valence-corrected chi connectivity index (χ1v) is 9.53. The van der Waals surface area contributed by atoms with Gasteiger partial charge in [-0.15, -0.1) is 0 Å². The number of carbonyl (C=O) groups excluding carboxylic acids is 3. The van der Waals surface area contributed by atoms with Crippen LogP contribution in [0.4, 0.5) is 4.79 Å². The van der Waals surface area contributed by atoms with Gasteiger partial charge in [0.25, 0.3) is 0 Å². The molecule has 9 heteroatoms. The molecule has 5 aliphatic rings. The van der Waals surface area contributed by atoms with Gasteiger partial charge in [0.05, 0.1) is 23.4 Å². The number of ketones is 2. The number of amides is 1. The van der Waals surface area contributed by atoms with Gasteiger partial charge in [0.15, 0.2) is 5.72 Å². The maximum atomic E-state index is 13.6. The summed E-state index contributed by atoms with van der Waals surface area (Å²) in [7, 11) is 3.58. The van der Waals surface area contributed by atoms with Crippen LogP contribution in [-0.4, -0.2) is 90.1 Å². The Morgan fingerprint density at radius 2 is 1.93 bits per heavy atom. The van der Waals surface area contributed by atoms with Crippen LogP contribution in [0.25, 0.3) is 0 Å². The normalized spacial score (nSPS) is 40.6. The molecule has 0 aromatic carbocycles. The van der Waals surface area contributed by atoms with Crippen molar-refractivity contribution in [2.24, 2.45) is 11.7 Å². The van der Waals surface area contributed by atoms with Crippen LogP contribution >= 0.6 is 0 Å². The van der Waals surface area contributed by atoms with Crippen LogP contribution in [0.1, 0.15) is 13.8 Å². The van der Waals surface area contributed by atoms with Gasteiger partial charge >= 0.3 is 6.09 Å². The highest BCUT2D eigenvalue weighted by Gasteiger charge is 2.75. The Labute approximate surface area is 162 Å². The quantitative estimate of drug-likeness (QED) is 0.505. The van der Waals surface area contributed by atoms with Crippen molar-refractivity contribution in [1.29, 1.82) is 0 Å². The van der Waals surface area contributed by atoms with Crippen LogP contribution in [0.2, 0.25) is 0 Å². The minimum absolute atomic E-state index is 0.0223. The molecule has 5 rings (SSSR count). The SMILES string of the molecule is COC12[C@@H](COC(N)=O)C3=C(C(=O)C(C)=C(N4CC4C)C3=O)N1C[C@@H]1[C@H]2N1C. The fraction of sp³-hybridized carbons (Fsp3) is 0.632. The van der Waals surface area contributed by atoms with E-state index in [-0.39, 0.29) is 36.3 Å². The highest BCUT2D eigenvalue weighted by atomic mass is 16.6. The second kappa shape index (κ2) is 5.36. The minimum Gasteiger partial charge on any atom is -0.449 e. The van der Waals surface area contributed by atoms with Crippen molar-refractivity contribution in [2.45, 2.75) is 37.7 Å². The van der Waals surface area contributed by atoms with Crippen molar-refractivity contribution in [1.82, 2.24) is 14.7 Å². The summed E-state index contributed by atoms with van der Waals surface area (Å²) in [4.78, 5) is 44.3. The van der Waals surface area contributed by atoms with Crippen LogP contribution in [0.15, 0.2) is 22.5 Å². The van der Waals surface area contributed by atoms with E-state index >= 15 is 0 Å². The third kappa shape index (κ3) is 1.90. The zero-order valence-corrected chi connectivity index (χ0v) is 16.4. The molecule has 0 bridgehead atoms. The number of nitrogens with two attached hydrogens (primary N) is 1. The van der Waals surface area contributed by atoms with Gasteiger partial charge in [-0.05, 0) is 20.9 Å². The molecule has 0 spiro atoms. The van der Waals surface area contributed by atoms with Crippen LogP contribution in [0.5, 0.6) is 0 Å². The predicted molar refractivity (Wildman–Crippen MR) is 96.7 cm³/mol. The lowest BCUT2D eigenvalue weighted by Crippen LogP contribution is -2.55. The third-order valence-corrected chi connectivity index (χ3v) is 7.06. The Hall–Kier alpha value is -2.39. The molecule has 3 fully saturated rings. The van der Waals surface area contributed by atoms with Gasteiger partial charge in [-0.3, -0.25) is 14.5 Å². The monoisotopic (exact) mass is 388 g/mol. The third-order valence-electron chi connectivity index (χ3n) is 7.06. The van der Waals surface area contributed by atoms with Crippen LogP contribution in [0, 0.1) is 5.92 Å². The Kier molecular flexibility index (Phi) is 3.38. The molecule has 1 amide bonds. The molecular weight excluding hydrogens is 364 g/mol. The van der Waals surface area contributed by atoms with E-state index in [2.05, 4.69) is 4.90 Å². The molecule has 28 heavy (non-hydrogen) atoms. The number of likely N-dealkylation sites (N-methyl/N-ethyl adjacent to an activating group) is 1. The highest BCUT2D eigenvalue weighted by Crippen LogP contribution is 2.59. The lowest BCUT2D eigenvalue weighted by atomic mass is 9.82. The number of carbonyl (C=O) groups is 3. The minimum atomic E-state index is -0.912. The van der Waals surface area contributed by atoms with E-state index in [1.54, 1.807) is 14.0 Å². The molecule has 4 heterocycles. The number of nitrogens with zero attached hydrogens (tertiary/aromatic N) is 3. The van der Waals surface area contributed by atoms with E-state index < -0.39 is 17.7 Å². The largest absolute Gasteiger partial charge is 0.449 e. The first-order chi connectivity index (χ1) is 13.3. The number of hydrogen-bond acceptors (Lipinski definition) is 8. The van der Waals surface area contributed by atoms with Crippen molar-refractivity contribution in [2.75, 3.05) is 33.9 Å². The average Bonchev–Trinajstić information content (AvgIpc) is 3.42. The van der Waals surface area contributed by atoms with Gasteiger partial charge in [0.2, 0.25) is 11.6 Å². The number of methoxy groups -OCH3 is 1. The van der Waals surface area contributed by atoms with Gasteiger partial charge in [0, 0.05) is 43.4 Å². The van der Waals surface area contributed by atoms with Gasteiger partial charge in [0.1, 0.15) is 6.61 Å². The summed E-state index contributed by atoms with van der Waals surface area (Å²) in [6, 6.07) is 0.501. The first-order valence-electron chi connectivity index (χ1n) is 9.53. The predicted octanol–water partition coefficient (Wildman–Crippen LogP) is -0.564. The second-order valence-electron chi connectivity index (χ2n) is 8.32. The summed E-state index contributed by atoms with van der Waals surface area (Å²) in [6.07, 6.45) is -0.911.